The van der Waals surface area contributed by atoms with Crippen molar-refractivity contribution in [3.05, 3.63) is 87.0 Å². The van der Waals surface area contributed by atoms with Crippen molar-refractivity contribution in [2.45, 2.75) is 72.1 Å². The number of aryl methyl sites for hydroxylation is 2. The largest absolute Gasteiger partial charge is 0.493 e. The van der Waals surface area contributed by atoms with E-state index < -0.39 is 47.3 Å². The molecule has 4 N–H and O–H groups in total. The highest BCUT2D eigenvalue weighted by molar-refractivity contribution is 7.13. The Morgan fingerprint density at radius 2 is 1.71 bits per heavy atom. The van der Waals surface area contributed by atoms with Crippen LogP contribution in [-0.4, -0.2) is 66.0 Å². The molecule has 0 aliphatic carbocycles. The first-order valence-corrected chi connectivity index (χ1v) is 18.5. The molecule has 1 unspecified atom stereocenters. The van der Waals surface area contributed by atoms with Gasteiger partial charge in [-0.2, -0.15) is 0 Å². The quantitative estimate of drug-likeness (QED) is 0.129. The number of piperidine rings is 1. The number of pyridine rings is 1. The van der Waals surface area contributed by atoms with E-state index in [2.05, 4.69) is 26.3 Å². The molecule has 55 heavy (non-hydrogen) atoms. The maximum absolute atomic E-state index is 14.5. The van der Waals surface area contributed by atoms with E-state index in [1.165, 1.54) is 30.6 Å². The number of anilines is 1. The Hall–Kier alpha value is -6.09. The Labute approximate surface area is 321 Å². The van der Waals surface area contributed by atoms with Crippen molar-refractivity contribution in [3.63, 3.8) is 0 Å². The first-order valence-electron chi connectivity index (χ1n) is 17.6. The average molecular weight is 768 g/mol. The summed E-state index contributed by atoms with van der Waals surface area (Å²) >= 11 is 1.53. The van der Waals surface area contributed by atoms with Crippen molar-refractivity contribution >= 4 is 52.7 Å². The predicted octanol–water partition coefficient (Wildman–Crippen LogP) is 5.63. The van der Waals surface area contributed by atoms with Crippen LogP contribution in [0, 0.1) is 13.8 Å². The number of alkyl carbamates (subject to hydrolysis) is 1. The number of rotatable bonds is 8. The van der Waals surface area contributed by atoms with Gasteiger partial charge in [0.05, 0.1) is 13.7 Å². The zero-order chi connectivity index (χ0) is 39.6. The predicted molar refractivity (Wildman–Crippen MR) is 204 cm³/mol. The number of hydrogen-bond donors (Lipinski definition) is 4. The Kier molecular flexibility index (Phi) is 11.0. The maximum atomic E-state index is 14.5. The van der Waals surface area contributed by atoms with Crippen LogP contribution in [0.15, 0.2) is 47.8 Å². The minimum atomic E-state index is -0.963. The lowest BCUT2D eigenvalue weighted by Gasteiger charge is -2.22. The number of methoxy groups -OCH3 is 1. The Balaban J connectivity index is 1.38. The fraction of sp³-hybridized carbons (Fsp3) is 0.325. The van der Waals surface area contributed by atoms with Crippen LogP contribution in [-0.2, 0) is 32.0 Å². The standard InChI is InChI=1S/C40H41N5O9S/c1-20-15-22(19-41-39(51)54-40(3,4)5)16-21(2)32(20)45-35(47)26-17-27-30(53-13-11-23-12-14-55-34(23)27)18-25(26)24-7-8-28(42-33(24)38(50)52-6)36(48)43-29-9-10-31(46)44-37(29)49/h7-8,12,14-18,29H,9-11,13,19H2,1-6H3,(H,41,51)(H,43,48)(H,45,47)(H,44,46,49). The number of imide groups is 1. The third-order valence-corrected chi connectivity index (χ3v) is 9.98. The lowest BCUT2D eigenvalue weighted by atomic mass is 9.93. The van der Waals surface area contributed by atoms with E-state index in [1.54, 1.807) is 32.9 Å². The molecule has 2 aromatic carbocycles. The average Bonchev–Trinajstić information content (AvgIpc) is 3.53. The number of benzene rings is 2. The monoisotopic (exact) mass is 767 g/mol. The summed E-state index contributed by atoms with van der Waals surface area (Å²) in [5.74, 6) is -2.66. The van der Waals surface area contributed by atoms with Gasteiger partial charge in [0.25, 0.3) is 11.8 Å². The van der Waals surface area contributed by atoms with Gasteiger partial charge in [0.2, 0.25) is 11.8 Å². The van der Waals surface area contributed by atoms with Gasteiger partial charge in [0, 0.05) is 52.2 Å². The second kappa shape index (κ2) is 15.7. The molecule has 2 aromatic heterocycles. The summed E-state index contributed by atoms with van der Waals surface area (Å²) in [4.78, 5) is 82.5. The zero-order valence-corrected chi connectivity index (χ0v) is 32.1. The molecule has 14 nitrogen and oxygen atoms in total. The van der Waals surface area contributed by atoms with Gasteiger partial charge in [-0.25, -0.2) is 14.6 Å². The molecule has 1 saturated heterocycles. The minimum Gasteiger partial charge on any atom is -0.493 e. The fourth-order valence-electron chi connectivity index (χ4n) is 6.47. The van der Waals surface area contributed by atoms with Crippen LogP contribution in [0.2, 0.25) is 0 Å². The summed E-state index contributed by atoms with van der Waals surface area (Å²) in [6.07, 6.45) is 0.285. The van der Waals surface area contributed by atoms with E-state index >= 15 is 0 Å². The summed E-state index contributed by atoms with van der Waals surface area (Å²) in [6.45, 7) is 9.65. The molecule has 286 valence electrons. The molecule has 4 heterocycles. The van der Waals surface area contributed by atoms with E-state index in [1.807, 2.05) is 37.4 Å². The lowest BCUT2D eigenvalue weighted by molar-refractivity contribution is -0.134. The third-order valence-electron chi connectivity index (χ3n) is 8.99. The fourth-order valence-corrected chi connectivity index (χ4v) is 7.44. The van der Waals surface area contributed by atoms with Gasteiger partial charge in [-0.05, 0) is 99.0 Å². The van der Waals surface area contributed by atoms with E-state index in [-0.39, 0.29) is 41.9 Å². The van der Waals surface area contributed by atoms with Crippen molar-refractivity contribution in [1.29, 1.82) is 0 Å². The van der Waals surface area contributed by atoms with Crippen LogP contribution in [0.3, 0.4) is 0 Å². The molecule has 2 aliphatic heterocycles. The van der Waals surface area contributed by atoms with Crippen molar-refractivity contribution in [2.24, 2.45) is 0 Å². The lowest BCUT2D eigenvalue weighted by Crippen LogP contribution is -2.52. The van der Waals surface area contributed by atoms with E-state index in [9.17, 15) is 28.8 Å². The summed E-state index contributed by atoms with van der Waals surface area (Å²) < 4.78 is 16.6. The van der Waals surface area contributed by atoms with Gasteiger partial charge in [-0.1, -0.05) is 12.1 Å². The highest BCUT2D eigenvalue weighted by atomic mass is 32.1. The number of ether oxygens (including phenoxy) is 3. The van der Waals surface area contributed by atoms with Gasteiger partial charge in [0.15, 0.2) is 5.69 Å². The van der Waals surface area contributed by atoms with Crippen LogP contribution < -0.4 is 26.0 Å². The van der Waals surface area contributed by atoms with Crippen LogP contribution >= 0.6 is 11.3 Å². The first-order chi connectivity index (χ1) is 26.1. The zero-order valence-electron chi connectivity index (χ0n) is 31.3. The SMILES string of the molecule is COC(=O)c1nc(C(=O)NC2CCC(=O)NC2=O)ccc1-c1cc2c(cc1C(=O)Nc1c(C)cc(CNC(=O)OC(C)(C)C)cc1C)-c1sccc1CCO2. The summed E-state index contributed by atoms with van der Waals surface area (Å²) in [7, 11) is 1.17. The number of thiophene rings is 1. The molecule has 4 aromatic rings. The second-order valence-corrected chi connectivity index (χ2v) is 15.2. The molecule has 5 amide bonds. The Morgan fingerprint density at radius 3 is 2.40 bits per heavy atom. The number of carbonyl (C=O) groups excluding carboxylic acids is 6. The van der Waals surface area contributed by atoms with Crippen molar-refractivity contribution in [3.8, 4) is 27.3 Å². The number of hydrogen-bond acceptors (Lipinski definition) is 11. The number of esters is 1. The molecule has 0 saturated carbocycles. The molecule has 6 rings (SSSR count). The summed E-state index contributed by atoms with van der Waals surface area (Å²) in [6, 6.07) is 11.1. The number of amides is 5. The first kappa shape index (κ1) is 38.6. The smallest absolute Gasteiger partial charge is 0.407 e. The van der Waals surface area contributed by atoms with Crippen molar-refractivity contribution in [2.75, 3.05) is 19.0 Å². The van der Waals surface area contributed by atoms with Gasteiger partial charge < -0.3 is 30.2 Å². The summed E-state index contributed by atoms with van der Waals surface area (Å²) in [5.41, 5.74) is 4.29. The van der Waals surface area contributed by atoms with Gasteiger partial charge in [-0.3, -0.25) is 24.5 Å². The third kappa shape index (κ3) is 8.67. The normalized spacial score (nSPS) is 15.0. The van der Waals surface area contributed by atoms with E-state index in [0.29, 0.717) is 35.6 Å². The molecular formula is C40H41N5O9S. The molecule has 2 aliphatic rings. The number of nitrogens with one attached hydrogen (secondary N) is 4. The van der Waals surface area contributed by atoms with Gasteiger partial charge in [-0.15, -0.1) is 11.3 Å². The molecule has 15 heteroatoms. The Morgan fingerprint density at radius 1 is 0.964 bits per heavy atom. The van der Waals surface area contributed by atoms with E-state index in [4.69, 9.17) is 14.2 Å². The van der Waals surface area contributed by atoms with E-state index in [0.717, 1.165) is 27.1 Å². The van der Waals surface area contributed by atoms with Crippen LogP contribution in [0.1, 0.15) is 87.2 Å². The van der Waals surface area contributed by atoms with Gasteiger partial charge in [0.1, 0.15) is 23.1 Å². The highest BCUT2D eigenvalue weighted by Gasteiger charge is 2.31. The number of carbonyl (C=O) groups is 6. The number of fused-ring (bicyclic) bond motifs is 3. The van der Waals surface area contributed by atoms with Crippen LogP contribution in [0.4, 0.5) is 10.5 Å². The van der Waals surface area contributed by atoms with Crippen LogP contribution in [0.25, 0.3) is 21.6 Å². The van der Waals surface area contributed by atoms with Crippen molar-refractivity contribution < 1.29 is 43.0 Å². The molecular weight excluding hydrogens is 727 g/mol. The van der Waals surface area contributed by atoms with Gasteiger partial charge >= 0.3 is 12.1 Å². The maximum Gasteiger partial charge on any atom is 0.407 e. The number of nitrogens with zero attached hydrogens (tertiary/aromatic N) is 1. The molecule has 1 fully saturated rings. The molecule has 0 spiro atoms. The van der Waals surface area contributed by atoms with Crippen molar-refractivity contribution in [1.82, 2.24) is 20.9 Å². The molecule has 1 atom stereocenters. The summed E-state index contributed by atoms with van der Waals surface area (Å²) in [5, 5.41) is 12.6. The molecule has 0 bridgehead atoms. The minimum absolute atomic E-state index is 0.0587. The Bertz CT molecular complexity index is 2220. The topological polar surface area (TPSA) is 191 Å². The highest BCUT2D eigenvalue weighted by Crippen LogP contribution is 2.43. The number of aromatic nitrogens is 1. The molecule has 0 radical (unpaired) electrons. The second-order valence-electron chi connectivity index (χ2n) is 14.2. The van der Waals surface area contributed by atoms with Crippen LogP contribution in [0.5, 0.6) is 5.75 Å².